The van der Waals surface area contributed by atoms with E-state index in [0.717, 1.165) is 5.56 Å². The summed E-state index contributed by atoms with van der Waals surface area (Å²) in [7, 11) is 0. The molecule has 0 saturated heterocycles. The van der Waals surface area contributed by atoms with Crippen LogP contribution in [-0.2, 0) is 0 Å². The van der Waals surface area contributed by atoms with Gasteiger partial charge in [-0.2, -0.15) is 0 Å². The summed E-state index contributed by atoms with van der Waals surface area (Å²) in [4.78, 5) is 0. The molecule has 0 aliphatic carbocycles. The van der Waals surface area contributed by atoms with Crippen LogP contribution in [0, 0.1) is 0 Å². The second-order valence-corrected chi connectivity index (χ2v) is 3.01. The lowest BCUT2D eigenvalue weighted by atomic mass is 10.0. The smallest absolute Gasteiger partial charge is 0.0942 e. The van der Waals surface area contributed by atoms with Crippen molar-refractivity contribution in [2.75, 3.05) is 6.98 Å². The van der Waals surface area contributed by atoms with Crippen molar-refractivity contribution in [2.24, 2.45) is 0 Å². The van der Waals surface area contributed by atoms with Crippen molar-refractivity contribution in [3.63, 3.8) is 0 Å². The number of nitrogens with one attached hydrogen (secondary N) is 1. The van der Waals surface area contributed by atoms with Gasteiger partial charge in [0.05, 0.1) is 6.10 Å². The molecular weight excluding hydrogens is 199 g/mol. The summed E-state index contributed by atoms with van der Waals surface area (Å²) in [6.45, 7) is -0.383. The first-order valence-corrected chi connectivity index (χ1v) is 4.44. The fourth-order valence-electron chi connectivity index (χ4n) is 1.29. The lowest BCUT2D eigenvalue weighted by Crippen LogP contribution is -2.31. The number of hydrogen-bond donors (Lipinski definition) is 2. The minimum absolute atomic E-state index is 0. The van der Waals surface area contributed by atoms with Crippen molar-refractivity contribution in [3.8, 4) is 0 Å². The third-order valence-electron chi connectivity index (χ3n) is 2.15. The van der Waals surface area contributed by atoms with Gasteiger partial charge in [-0.25, -0.2) is 0 Å². The molecule has 14 heavy (non-hydrogen) atoms. The molecule has 80 valence electrons. The van der Waals surface area contributed by atoms with Gasteiger partial charge in [0, 0.05) is 10.2 Å². The molecule has 0 aliphatic heterocycles. The summed E-state index contributed by atoms with van der Waals surface area (Å²) in [5.74, 6) is 0. The first-order valence-electron chi connectivity index (χ1n) is 5.94. The molecule has 1 rings (SSSR count). The molecule has 1 aromatic carbocycles. The maximum atomic E-state index is 10.0. The molecule has 0 saturated carbocycles. The van der Waals surface area contributed by atoms with Crippen LogP contribution in [0.2, 0.25) is 0 Å². The molecule has 0 radical (unpaired) electrons. The predicted octanol–water partition coefficient (Wildman–Crippen LogP) is 2.14. The van der Waals surface area contributed by atoms with Gasteiger partial charge in [-0.3, -0.25) is 0 Å². The maximum absolute atomic E-state index is 10.0. The lowest BCUT2D eigenvalue weighted by molar-refractivity contribution is 0.130. The molecule has 0 aliphatic rings. The van der Waals surface area contributed by atoms with Crippen molar-refractivity contribution in [3.05, 3.63) is 35.9 Å². The van der Waals surface area contributed by atoms with E-state index in [-0.39, 0.29) is 12.4 Å². The highest BCUT2D eigenvalue weighted by molar-refractivity contribution is 5.85. The molecule has 2 N–H and O–H groups in total. The Labute approximate surface area is 96.0 Å². The second-order valence-electron chi connectivity index (χ2n) is 3.01. The van der Waals surface area contributed by atoms with E-state index in [1.54, 1.807) is 12.1 Å². The number of aliphatic hydroxyl groups excluding tert-OH is 1. The van der Waals surface area contributed by atoms with Crippen LogP contribution in [0.4, 0.5) is 0 Å². The summed E-state index contributed by atoms with van der Waals surface area (Å²) in [5, 5.41) is 12.5. The van der Waals surface area contributed by atoms with Crippen LogP contribution >= 0.6 is 12.4 Å². The molecule has 0 bridgehead atoms. The molecule has 3 heteroatoms. The van der Waals surface area contributed by atoms with E-state index in [2.05, 4.69) is 5.32 Å². The topological polar surface area (TPSA) is 32.3 Å². The van der Waals surface area contributed by atoms with Gasteiger partial charge in [0.25, 0.3) is 0 Å². The van der Waals surface area contributed by atoms with Gasteiger partial charge in [0.15, 0.2) is 0 Å². The van der Waals surface area contributed by atoms with Crippen molar-refractivity contribution in [1.82, 2.24) is 5.32 Å². The van der Waals surface area contributed by atoms with E-state index in [0.29, 0.717) is 6.42 Å². The molecule has 0 amide bonds. The number of hydrogen-bond acceptors (Lipinski definition) is 2. The Balaban J connectivity index is 0.00000256. The summed E-state index contributed by atoms with van der Waals surface area (Å²) in [5.41, 5.74) is 0.728. The second kappa shape index (κ2) is 6.82. The van der Waals surface area contributed by atoms with Gasteiger partial charge < -0.3 is 10.4 Å². The number of likely N-dealkylation sites (N-methyl/N-ethyl adjacent to an activating group) is 1. The SMILES string of the molecule is Cl.[2H][13C]([2H])([2H])NC(CC)C(O)c1ccccc1. The van der Waals surface area contributed by atoms with Crippen molar-refractivity contribution in [1.29, 1.82) is 0 Å². The highest BCUT2D eigenvalue weighted by atomic mass is 35.5. The van der Waals surface area contributed by atoms with E-state index in [1.165, 1.54) is 0 Å². The van der Waals surface area contributed by atoms with Crippen LogP contribution in [0.15, 0.2) is 30.3 Å². The minimum Gasteiger partial charge on any atom is -0.387 e. The molecule has 0 heterocycles. The average molecular weight is 220 g/mol. The Morgan fingerprint density at radius 2 is 2.07 bits per heavy atom. The minimum atomic E-state index is -2.23. The maximum Gasteiger partial charge on any atom is 0.0942 e. The Bertz CT molecular complexity index is 318. The Hall–Kier alpha value is -0.570. The fourth-order valence-corrected chi connectivity index (χ4v) is 1.29. The van der Waals surface area contributed by atoms with Crippen LogP contribution in [0.1, 0.15) is 29.1 Å². The first-order chi connectivity index (χ1) is 7.44. The van der Waals surface area contributed by atoms with Crippen LogP contribution in [0.5, 0.6) is 0 Å². The first kappa shape index (κ1) is 8.72. The van der Waals surface area contributed by atoms with E-state index in [9.17, 15) is 5.11 Å². The average Bonchev–Trinajstić information content (AvgIpc) is 2.25. The van der Waals surface area contributed by atoms with Crippen LogP contribution in [-0.4, -0.2) is 18.1 Å². The fraction of sp³-hybridized carbons (Fsp3) is 0.455. The van der Waals surface area contributed by atoms with Gasteiger partial charge >= 0.3 is 0 Å². The zero-order valence-corrected chi connectivity index (χ0v) is 8.92. The zero-order valence-electron chi connectivity index (χ0n) is 11.1. The molecule has 2 unspecified atom stereocenters. The van der Waals surface area contributed by atoms with Crippen LogP contribution < -0.4 is 5.32 Å². The molecule has 2 atom stereocenters. The van der Waals surface area contributed by atoms with Crippen molar-refractivity contribution in [2.45, 2.75) is 25.5 Å². The molecule has 2 nitrogen and oxygen atoms in total. The summed E-state index contributed by atoms with van der Waals surface area (Å²) in [6, 6.07) is 8.61. The highest BCUT2D eigenvalue weighted by Gasteiger charge is 2.16. The van der Waals surface area contributed by atoms with E-state index in [4.69, 9.17) is 4.11 Å². The normalized spacial score (nSPS) is 18.3. The van der Waals surface area contributed by atoms with Gasteiger partial charge in [-0.15, -0.1) is 12.4 Å². The van der Waals surface area contributed by atoms with Crippen molar-refractivity contribution < 1.29 is 9.22 Å². The van der Waals surface area contributed by atoms with Crippen molar-refractivity contribution >= 4 is 12.4 Å². The van der Waals surface area contributed by atoms with Crippen LogP contribution in [0.25, 0.3) is 0 Å². The van der Waals surface area contributed by atoms with Gasteiger partial charge in [0.2, 0.25) is 0 Å². The molecule has 0 spiro atoms. The third-order valence-corrected chi connectivity index (χ3v) is 2.15. The molecule has 1 aromatic rings. The molecular formula is C11H18ClNO. The predicted molar refractivity (Wildman–Crippen MR) is 61.8 cm³/mol. The summed E-state index contributed by atoms with van der Waals surface area (Å²) in [6.07, 6.45) is -0.249. The largest absolute Gasteiger partial charge is 0.387 e. The van der Waals surface area contributed by atoms with E-state index < -0.39 is 19.1 Å². The quantitative estimate of drug-likeness (QED) is 0.761. The zero-order chi connectivity index (χ0) is 12.2. The van der Waals surface area contributed by atoms with Gasteiger partial charge in [0.1, 0.15) is 0 Å². The number of rotatable bonds is 4. The van der Waals surface area contributed by atoms with E-state index >= 15 is 0 Å². The third kappa shape index (κ3) is 3.29. The molecule has 0 fully saturated rings. The van der Waals surface area contributed by atoms with Gasteiger partial charge in [-0.1, -0.05) is 37.3 Å². The monoisotopic (exact) mass is 219 g/mol. The Morgan fingerprint density at radius 3 is 2.57 bits per heavy atom. The Morgan fingerprint density at radius 1 is 1.43 bits per heavy atom. The number of benzene rings is 1. The Kier molecular flexibility index (Phi) is 4.25. The number of halogens is 1. The lowest BCUT2D eigenvalue weighted by Gasteiger charge is -2.21. The van der Waals surface area contributed by atoms with Gasteiger partial charge in [-0.05, 0) is 19.0 Å². The highest BCUT2D eigenvalue weighted by Crippen LogP contribution is 2.17. The summed E-state index contributed by atoms with van der Waals surface area (Å²) >= 11 is 0. The standard InChI is InChI=1S/C11H17NO.ClH/c1-3-10(12-2)11(13)9-7-5-4-6-8-9;/h4-8,10-13H,3H2,1-2H3;1H/i2+1D3;. The number of aliphatic hydroxyl groups is 1. The molecule has 0 aromatic heterocycles. The summed E-state index contributed by atoms with van der Waals surface area (Å²) < 4.78 is 21.4. The van der Waals surface area contributed by atoms with E-state index in [1.807, 2.05) is 25.1 Å². The van der Waals surface area contributed by atoms with Crippen LogP contribution in [0.3, 0.4) is 0 Å².